The van der Waals surface area contributed by atoms with Crippen LogP contribution in [0.25, 0.3) is 0 Å². The number of benzene rings is 1. The van der Waals surface area contributed by atoms with Crippen LogP contribution in [0.15, 0.2) is 16.6 Å². The predicted octanol–water partition coefficient (Wildman–Crippen LogP) is 2.90. The maximum Gasteiger partial charge on any atom is 0.407 e. The van der Waals surface area contributed by atoms with Crippen molar-refractivity contribution >= 4 is 22.0 Å². The normalized spacial score (nSPS) is 20.2. The van der Waals surface area contributed by atoms with Crippen molar-refractivity contribution in [2.75, 3.05) is 6.61 Å². The number of halogens is 3. The molecule has 0 spiro atoms. The van der Waals surface area contributed by atoms with Crippen LogP contribution in [0.3, 0.4) is 0 Å². The Morgan fingerprint density at radius 3 is 2.88 bits per heavy atom. The van der Waals surface area contributed by atoms with Gasteiger partial charge >= 0.3 is 6.09 Å². The average molecular weight is 292 g/mol. The summed E-state index contributed by atoms with van der Waals surface area (Å²) in [6, 6.07) is 1.76. The molecular formula is C10H8BrF2NO2. The van der Waals surface area contributed by atoms with Gasteiger partial charge in [0.1, 0.15) is 11.6 Å². The number of nitrogens with one attached hydrogen (secondary N) is 1. The van der Waals surface area contributed by atoms with Crippen molar-refractivity contribution in [1.82, 2.24) is 5.32 Å². The molecule has 1 heterocycles. The minimum Gasteiger partial charge on any atom is -0.449 e. The van der Waals surface area contributed by atoms with Crippen LogP contribution in [-0.2, 0) is 4.74 Å². The molecule has 86 valence electrons. The number of carbonyl (C=O) groups excluding carboxylic acids is 1. The van der Waals surface area contributed by atoms with Crippen LogP contribution >= 0.6 is 15.9 Å². The van der Waals surface area contributed by atoms with E-state index >= 15 is 0 Å². The van der Waals surface area contributed by atoms with Crippen molar-refractivity contribution in [3.63, 3.8) is 0 Å². The van der Waals surface area contributed by atoms with E-state index in [0.717, 1.165) is 6.07 Å². The SMILES string of the molecule is O=C1N[C@@H](c2c(F)ccc(Br)c2F)CCO1. The molecule has 1 saturated heterocycles. The third kappa shape index (κ3) is 2.02. The molecule has 2 rings (SSSR count). The van der Waals surface area contributed by atoms with Crippen LogP contribution in [0.2, 0.25) is 0 Å². The standard InChI is InChI=1S/C10H8BrF2NO2/c11-5-1-2-6(12)8(9(5)13)7-3-4-16-10(15)14-7/h1-2,7H,3-4H2,(H,14,15)/t7-/m1/s1. The summed E-state index contributed by atoms with van der Waals surface area (Å²) in [7, 11) is 0. The molecule has 0 aliphatic carbocycles. The highest BCUT2D eigenvalue weighted by Gasteiger charge is 2.27. The van der Waals surface area contributed by atoms with Crippen molar-refractivity contribution in [2.24, 2.45) is 0 Å². The Labute approximate surface area is 98.9 Å². The van der Waals surface area contributed by atoms with Crippen molar-refractivity contribution in [2.45, 2.75) is 12.5 Å². The van der Waals surface area contributed by atoms with Crippen LogP contribution < -0.4 is 5.32 Å². The Bertz CT molecular complexity index is 439. The second-order valence-electron chi connectivity index (χ2n) is 3.38. The fourth-order valence-electron chi connectivity index (χ4n) is 1.60. The van der Waals surface area contributed by atoms with Gasteiger partial charge in [-0.3, -0.25) is 0 Å². The molecule has 3 nitrogen and oxygen atoms in total. The van der Waals surface area contributed by atoms with Gasteiger partial charge in [-0.1, -0.05) is 0 Å². The summed E-state index contributed by atoms with van der Waals surface area (Å²) < 4.78 is 32.0. The summed E-state index contributed by atoms with van der Waals surface area (Å²) in [6.07, 6.45) is -0.314. The smallest absolute Gasteiger partial charge is 0.407 e. The Morgan fingerprint density at radius 2 is 2.19 bits per heavy atom. The third-order valence-electron chi connectivity index (χ3n) is 2.36. The first-order chi connectivity index (χ1) is 7.59. The Morgan fingerprint density at radius 1 is 1.44 bits per heavy atom. The Balaban J connectivity index is 2.39. The van der Waals surface area contributed by atoms with E-state index in [4.69, 9.17) is 0 Å². The first-order valence-electron chi connectivity index (χ1n) is 4.66. The van der Waals surface area contributed by atoms with Crippen LogP contribution in [0, 0.1) is 11.6 Å². The third-order valence-corrected chi connectivity index (χ3v) is 2.97. The summed E-state index contributed by atoms with van der Waals surface area (Å²) in [5.41, 5.74) is -0.133. The lowest BCUT2D eigenvalue weighted by Crippen LogP contribution is -2.36. The molecule has 0 unspecified atom stereocenters. The monoisotopic (exact) mass is 291 g/mol. The first kappa shape index (κ1) is 11.3. The van der Waals surface area contributed by atoms with Crippen LogP contribution in [0.4, 0.5) is 13.6 Å². The maximum atomic E-state index is 13.7. The van der Waals surface area contributed by atoms with E-state index in [1.807, 2.05) is 0 Å². The maximum absolute atomic E-state index is 13.7. The van der Waals surface area contributed by atoms with Gasteiger partial charge in [0, 0.05) is 12.0 Å². The summed E-state index contributed by atoms with van der Waals surface area (Å²) in [6.45, 7) is 0.155. The lowest BCUT2D eigenvalue weighted by Gasteiger charge is -2.24. The van der Waals surface area contributed by atoms with Gasteiger partial charge in [0.25, 0.3) is 0 Å². The topological polar surface area (TPSA) is 38.3 Å². The van der Waals surface area contributed by atoms with Crippen molar-refractivity contribution in [3.05, 3.63) is 33.8 Å². The summed E-state index contributed by atoms with van der Waals surface area (Å²) >= 11 is 2.98. The molecule has 0 radical (unpaired) electrons. The van der Waals surface area contributed by atoms with Crippen LogP contribution in [0.1, 0.15) is 18.0 Å². The van der Waals surface area contributed by atoms with Gasteiger partial charge in [0.05, 0.1) is 17.1 Å². The van der Waals surface area contributed by atoms with Crippen molar-refractivity contribution < 1.29 is 18.3 Å². The fraction of sp³-hybridized carbons (Fsp3) is 0.300. The molecule has 1 aromatic carbocycles. The molecule has 1 aliphatic rings. The van der Waals surface area contributed by atoms with Crippen LogP contribution in [-0.4, -0.2) is 12.7 Å². The highest BCUT2D eigenvalue weighted by molar-refractivity contribution is 9.10. The zero-order valence-electron chi connectivity index (χ0n) is 8.10. The van der Waals surface area contributed by atoms with E-state index in [-0.39, 0.29) is 16.6 Å². The summed E-state index contributed by atoms with van der Waals surface area (Å²) in [4.78, 5) is 11.0. The van der Waals surface area contributed by atoms with Gasteiger partial charge in [-0.15, -0.1) is 0 Å². The van der Waals surface area contributed by atoms with E-state index in [1.54, 1.807) is 0 Å². The molecule has 0 saturated carbocycles. The molecule has 1 fully saturated rings. The second-order valence-corrected chi connectivity index (χ2v) is 4.23. The Kier molecular flexibility index (Phi) is 3.09. The Hall–Kier alpha value is -1.17. The number of cyclic esters (lactones) is 1. The van der Waals surface area contributed by atoms with Gasteiger partial charge in [0.15, 0.2) is 0 Å². The van der Waals surface area contributed by atoms with Gasteiger partial charge < -0.3 is 10.1 Å². The molecule has 1 N–H and O–H groups in total. The number of ether oxygens (including phenoxy) is 1. The van der Waals surface area contributed by atoms with Crippen molar-refractivity contribution in [3.8, 4) is 0 Å². The molecule has 1 atom stereocenters. The minimum absolute atomic E-state index is 0.133. The number of amides is 1. The minimum atomic E-state index is -0.688. The number of carbonyl (C=O) groups is 1. The molecule has 0 bridgehead atoms. The number of hydrogen-bond acceptors (Lipinski definition) is 2. The van der Waals surface area contributed by atoms with Gasteiger partial charge in [0.2, 0.25) is 0 Å². The molecule has 0 aromatic heterocycles. The predicted molar refractivity (Wildman–Crippen MR) is 55.9 cm³/mol. The molecule has 6 heteroatoms. The lowest BCUT2D eigenvalue weighted by atomic mass is 10.0. The fourth-order valence-corrected chi connectivity index (χ4v) is 1.95. The summed E-state index contributed by atoms with van der Waals surface area (Å²) in [5.74, 6) is -1.36. The summed E-state index contributed by atoms with van der Waals surface area (Å²) in [5, 5.41) is 2.38. The zero-order chi connectivity index (χ0) is 11.7. The largest absolute Gasteiger partial charge is 0.449 e. The molecular weight excluding hydrogens is 284 g/mol. The van der Waals surface area contributed by atoms with Gasteiger partial charge in [-0.2, -0.15) is 0 Å². The molecule has 1 amide bonds. The molecule has 16 heavy (non-hydrogen) atoms. The second kappa shape index (κ2) is 4.37. The number of rotatable bonds is 1. The average Bonchev–Trinajstić information content (AvgIpc) is 2.24. The lowest BCUT2D eigenvalue weighted by molar-refractivity contribution is 0.114. The van der Waals surface area contributed by atoms with Gasteiger partial charge in [-0.05, 0) is 28.1 Å². The molecule has 1 aliphatic heterocycles. The van der Waals surface area contributed by atoms with E-state index in [1.165, 1.54) is 6.07 Å². The highest BCUT2D eigenvalue weighted by atomic mass is 79.9. The van der Waals surface area contributed by atoms with E-state index in [9.17, 15) is 13.6 Å². The first-order valence-corrected chi connectivity index (χ1v) is 5.45. The zero-order valence-corrected chi connectivity index (χ0v) is 9.68. The molecule has 1 aromatic rings. The van der Waals surface area contributed by atoms with Crippen LogP contribution in [0.5, 0.6) is 0 Å². The number of alkyl carbamates (subject to hydrolysis) is 1. The van der Waals surface area contributed by atoms with Gasteiger partial charge in [-0.25, -0.2) is 13.6 Å². The quantitative estimate of drug-likeness (QED) is 0.808. The van der Waals surface area contributed by atoms with Crippen molar-refractivity contribution in [1.29, 1.82) is 0 Å². The van der Waals surface area contributed by atoms with E-state index in [0.29, 0.717) is 6.42 Å². The highest BCUT2D eigenvalue weighted by Crippen LogP contribution is 2.29. The van der Waals surface area contributed by atoms with E-state index < -0.39 is 23.8 Å². The van der Waals surface area contributed by atoms with E-state index in [2.05, 4.69) is 26.0 Å². The number of hydrogen-bond donors (Lipinski definition) is 1.